The Hall–Kier alpha value is -1.69. The molecule has 0 saturated heterocycles. The van der Waals surface area contributed by atoms with Crippen LogP contribution >= 0.6 is 23.8 Å². The molecular weight excluding hydrogens is 316 g/mol. The molecule has 1 aromatic heterocycles. The summed E-state index contributed by atoms with van der Waals surface area (Å²) in [6.45, 7) is 0.676. The minimum atomic E-state index is 0.180. The van der Waals surface area contributed by atoms with Crippen molar-refractivity contribution in [2.24, 2.45) is 0 Å². The third-order valence-electron chi connectivity index (χ3n) is 3.27. The standard InChI is InChI=1S/C16H19ClN4S/c1-21(2)15(12-6-5-9-18-10-12)11-19-16(22)20-14-8-4-3-7-13(14)17/h3-10,15H,11H2,1-2H3,(H2,19,20,22)/t15-/m0/s1. The molecule has 2 N–H and O–H groups in total. The second kappa shape index (κ2) is 8.08. The molecule has 1 atom stereocenters. The zero-order valence-corrected chi connectivity index (χ0v) is 14.2. The van der Waals surface area contributed by atoms with E-state index in [1.807, 2.05) is 50.6 Å². The Labute approximate surface area is 141 Å². The lowest BCUT2D eigenvalue weighted by Gasteiger charge is -2.25. The van der Waals surface area contributed by atoms with Crippen molar-refractivity contribution < 1.29 is 0 Å². The largest absolute Gasteiger partial charge is 0.361 e. The number of halogens is 1. The first-order chi connectivity index (χ1) is 10.6. The first-order valence-electron chi connectivity index (χ1n) is 6.93. The molecule has 2 rings (SSSR count). The first-order valence-corrected chi connectivity index (χ1v) is 7.72. The lowest BCUT2D eigenvalue weighted by atomic mass is 10.1. The summed E-state index contributed by atoms with van der Waals surface area (Å²) >= 11 is 11.4. The van der Waals surface area contributed by atoms with Gasteiger partial charge in [0.25, 0.3) is 0 Å². The first kappa shape index (κ1) is 16.7. The average molecular weight is 335 g/mol. The number of likely N-dealkylation sites (N-methyl/N-ethyl adjacent to an activating group) is 1. The maximum absolute atomic E-state index is 6.11. The van der Waals surface area contributed by atoms with Crippen LogP contribution in [0.15, 0.2) is 48.8 Å². The molecule has 0 spiro atoms. The average Bonchev–Trinajstić information content (AvgIpc) is 2.50. The summed E-state index contributed by atoms with van der Waals surface area (Å²) in [5, 5.41) is 7.53. The van der Waals surface area contributed by atoms with Crippen molar-refractivity contribution in [3.8, 4) is 0 Å². The van der Waals surface area contributed by atoms with Crippen LogP contribution in [0.1, 0.15) is 11.6 Å². The Morgan fingerprint density at radius 3 is 2.68 bits per heavy atom. The van der Waals surface area contributed by atoms with E-state index in [-0.39, 0.29) is 6.04 Å². The van der Waals surface area contributed by atoms with Crippen LogP contribution in [-0.4, -0.2) is 35.6 Å². The second-order valence-electron chi connectivity index (χ2n) is 5.08. The van der Waals surface area contributed by atoms with Gasteiger partial charge in [-0.25, -0.2) is 0 Å². The number of benzene rings is 1. The number of hydrogen-bond acceptors (Lipinski definition) is 3. The van der Waals surface area contributed by atoms with Crippen molar-refractivity contribution in [1.29, 1.82) is 0 Å². The summed E-state index contributed by atoms with van der Waals surface area (Å²) in [6.07, 6.45) is 3.64. The molecule has 1 heterocycles. The van der Waals surface area contributed by atoms with Crippen LogP contribution in [-0.2, 0) is 0 Å². The third-order valence-corrected chi connectivity index (χ3v) is 3.85. The predicted molar refractivity (Wildman–Crippen MR) is 96.3 cm³/mol. The smallest absolute Gasteiger partial charge is 0.170 e. The summed E-state index contributed by atoms with van der Waals surface area (Å²) in [6, 6.07) is 11.7. The SMILES string of the molecule is CN(C)[C@@H](CNC(=S)Nc1ccccc1Cl)c1cccnc1. The van der Waals surface area contributed by atoms with E-state index >= 15 is 0 Å². The Bertz CT molecular complexity index is 619. The number of rotatable bonds is 5. The summed E-state index contributed by atoms with van der Waals surface area (Å²) in [5.74, 6) is 0. The summed E-state index contributed by atoms with van der Waals surface area (Å²) < 4.78 is 0. The van der Waals surface area contributed by atoms with E-state index in [0.29, 0.717) is 16.7 Å². The van der Waals surface area contributed by atoms with E-state index in [1.165, 1.54) is 0 Å². The number of nitrogens with one attached hydrogen (secondary N) is 2. The van der Waals surface area contributed by atoms with Gasteiger partial charge in [0.05, 0.1) is 16.8 Å². The van der Waals surface area contributed by atoms with Crippen molar-refractivity contribution in [3.05, 3.63) is 59.4 Å². The monoisotopic (exact) mass is 334 g/mol. The number of nitrogens with zero attached hydrogens (tertiary/aromatic N) is 2. The van der Waals surface area contributed by atoms with E-state index in [2.05, 4.69) is 26.6 Å². The highest BCUT2D eigenvalue weighted by Crippen LogP contribution is 2.20. The predicted octanol–water partition coefficient (Wildman–Crippen LogP) is 3.32. The fraction of sp³-hybridized carbons (Fsp3) is 0.250. The molecule has 6 heteroatoms. The molecular formula is C16H19ClN4S. The lowest BCUT2D eigenvalue weighted by molar-refractivity contribution is 0.298. The molecule has 0 aliphatic rings. The highest BCUT2D eigenvalue weighted by Gasteiger charge is 2.14. The van der Waals surface area contributed by atoms with Gasteiger partial charge in [0.1, 0.15) is 0 Å². The molecule has 116 valence electrons. The quantitative estimate of drug-likeness (QED) is 0.821. The van der Waals surface area contributed by atoms with E-state index in [9.17, 15) is 0 Å². The Morgan fingerprint density at radius 2 is 2.05 bits per heavy atom. The molecule has 2 aromatic rings. The van der Waals surface area contributed by atoms with Crippen molar-refractivity contribution >= 4 is 34.6 Å². The molecule has 1 aromatic carbocycles. The number of para-hydroxylation sites is 1. The summed E-state index contributed by atoms with van der Waals surface area (Å²) in [5.41, 5.74) is 1.94. The van der Waals surface area contributed by atoms with Gasteiger partial charge < -0.3 is 15.5 Å². The van der Waals surface area contributed by atoms with Gasteiger partial charge in [0, 0.05) is 18.9 Å². The van der Waals surface area contributed by atoms with Crippen LogP contribution in [0.4, 0.5) is 5.69 Å². The van der Waals surface area contributed by atoms with Gasteiger partial charge in [-0.05, 0) is 50.1 Å². The highest BCUT2D eigenvalue weighted by atomic mass is 35.5. The van der Waals surface area contributed by atoms with Crippen molar-refractivity contribution in [2.75, 3.05) is 26.0 Å². The second-order valence-corrected chi connectivity index (χ2v) is 5.90. The molecule has 0 bridgehead atoms. The van der Waals surface area contributed by atoms with E-state index in [4.69, 9.17) is 23.8 Å². The maximum Gasteiger partial charge on any atom is 0.170 e. The Kier molecular flexibility index (Phi) is 6.12. The summed E-state index contributed by atoms with van der Waals surface area (Å²) in [4.78, 5) is 6.30. The number of hydrogen-bond donors (Lipinski definition) is 2. The zero-order chi connectivity index (χ0) is 15.9. The molecule has 0 saturated carbocycles. The van der Waals surface area contributed by atoms with E-state index in [1.54, 1.807) is 6.20 Å². The molecule has 0 amide bonds. The van der Waals surface area contributed by atoms with E-state index in [0.717, 1.165) is 11.3 Å². The zero-order valence-electron chi connectivity index (χ0n) is 12.6. The fourth-order valence-electron chi connectivity index (χ4n) is 2.09. The molecule has 0 radical (unpaired) electrons. The van der Waals surface area contributed by atoms with Gasteiger partial charge in [-0.1, -0.05) is 29.8 Å². The molecule has 0 unspecified atom stereocenters. The third kappa shape index (κ3) is 4.66. The van der Waals surface area contributed by atoms with Gasteiger partial charge >= 0.3 is 0 Å². The lowest BCUT2D eigenvalue weighted by Crippen LogP contribution is -2.36. The normalized spacial score (nSPS) is 12.0. The maximum atomic E-state index is 6.11. The van der Waals surface area contributed by atoms with Crippen molar-refractivity contribution in [3.63, 3.8) is 0 Å². The number of thiocarbonyl (C=S) groups is 1. The number of pyridine rings is 1. The van der Waals surface area contributed by atoms with E-state index < -0.39 is 0 Å². The van der Waals surface area contributed by atoms with Crippen LogP contribution in [0.3, 0.4) is 0 Å². The van der Waals surface area contributed by atoms with Gasteiger partial charge in [0.15, 0.2) is 5.11 Å². The van der Waals surface area contributed by atoms with Crippen LogP contribution in [0, 0.1) is 0 Å². The van der Waals surface area contributed by atoms with Crippen molar-refractivity contribution in [1.82, 2.24) is 15.2 Å². The molecule has 0 fully saturated rings. The van der Waals surface area contributed by atoms with Gasteiger partial charge in [-0.3, -0.25) is 4.98 Å². The minimum absolute atomic E-state index is 0.180. The Morgan fingerprint density at radius 1 is 1.27 bits per heavy atom. The highest BCUT2D eigenvalue weighted by molar-refractivity contribution is 7.80. The topological polar surface area (TPSA) is 40.2 Å². The molecule has 4 nitrogen and oxygen atoms in total. The van der Waals surface area contributed by atoms with Gasteiger partial charge in [-0.15, -0.1) is 0 Å². The molecule has 0 aliphatic heterocycles. The van der Waals surface area contributed by atoms with Crippen LogP contribution < -0.4 is 10.6 Å². The number of anilines is 1. The van der Waals surface area contributed by atoms with Gasteiger partial charge in [0.2, 0.25) is 0 Å². The minimum Gasteiger partial charge on any atom is -0.361 e. The molecule has 0 aliphatic carbocycles. The Balaban J connectivity index is 1.95. The summed E-state index contributed by atoms with van der Waals surface area (Å²) in [7, 11) is 4.06. The van der Waals surface area contributed by atoms with Crippen LogP contribution in [0.2, 0.25) is 5.02 Å². The van der Waals surface area contributed by atoms with Gasteiger partial charge in [-0.2, -0.15) is 0 Å². The molecule has 22 heavy (non-hydrogen) atoms. The van der Waals surface area contributed by atoms with Crippen LogP contribution in [0.5, 0.6) is 0 Å². The number of aromatic nitrogens is 1. The van der Waals surface area contributed by atoms with Crippen LogP contribution in [0.25, 0.3) is 0 Å². The van der Waals surface area contributed by atoms with Crippen molar-refractivity contribution in [2.45, 2.75) is 6.04 Å². The fourth-order valence-corrected chi connectivity index (χ4v) is 2.47.